The molecular formula is C11H20N4O. The van der Waals surface area contributed by atoms with Gasteiger partial charge in [0.15, 0.2) is 0 Å². The SMILES string of the molecule is COCCn1cnnc1C1CCCCN1C. The molecule has 5 heteroatoms. The Morgan fingerprint density at radius 3 is 3.12 bits per heavy atom. The van der Waals surface area contributed by atoms with Gasteiger partial charge in [-0.1, -0.05) is 6.42 Å². The molecule has 90 valence electrons. The number of piperidine rings is 1. The van der Waals surface area contributed by atoms with Gasteiger partial charge < -0.3 is 9.30 Å². The van der Waals surface area contributed by atoms with E-state index in [-0.39, 0.29) is 0 Å². The lowest BCUT2D eigenvalue weighted by Crippen LogP contribution is -2.31. The molecule has 1 atom stereocenters. The van der Waals surface area contributed by atoms with E-state index >= 15 is 0 Å². The molecule has 0 N–H and O–H groups in total. The molecule has 2 rings (SSSR count). The van der Waals surface area contributed by atoms with E-state index in [4.69, 9.17) is 4.74 Å². The first-order valence-corrected chi connectivity index (χ1v) is 5.90. The molecule has 0 amide bonds. The van der Waals surface area contributed by atoms with Crippen LogP contribution in [0.1, 0.15) is 31.1 Å². The molecule has 0 bridgehead atoms. The predicted molar refractivity (Wildman–Crippen MR) is 61.1 cm³/mol. The molecular weight excluding hydrogens is 204 g/mol. The van der Waals surface area contributed by atoms with Gasteiger partial charge in [0.1, 0.15) is 12.2 Å². The number of rotatable bonds is 4. The lowest BCUT2D eigenvalue weighted by Gasteiger charge is -2.31. The van der Waals surface area contributed by atoms with Crippen LogP contribution in [0.15, 0.2) is 6.33 Å². The number of aromatic nitrogens is 3. The topological polar surface area (TPSA) is 43.2 Å². The third-order valence-electron chi connectivity index (χ3n) is 3.25. The fraction of sp³-hybridized carbons (Fsp3) is 0.818. The summed E-state index contributed by atoms with van der Waals surface area (Å²) in [6.45, 7) is 2.70. The van der Waals surface area contributed by atoms with Crippen molar-refractivity contribution in [3.8, 4) is 0 Å². The van der Waals surface area contributed by atoms with E-state index in [9.17, 15) is 0 Å². The Kier molecular flexibility index (Phi) is 3.90. The van der Waals surface area contributed by atoms with Gasteiger partial charge in [-0.3, -0.25) is 4.90 Å². The van der Waals surface area contributed by atoms with Gasteiger partial charge >= 0.3 is 0 Å². The second kappa shape index (κ2) is 5.41. The van der Waals surface area contributed by atoms with Gasteiger partial charge in [0.2, 0.25) is 0 Å². The molecule has 16 heavy (non-hydrogen) atoms. The maximum atomic E-state index is 5.09. The van der Waals surface area contributed by atoms with Gasteiger partial charge in [-0.25, -0.2) is 0 Å². The van der Waals surface area contributed by atoms with Gasteiger partial charge in [0, 0.05) is 13.7 Å². The molecule has 1 aliphatic rings. The monoisotopic (exact) mass is 224 g/mol. The summed E-state index contributed by atoms with van der Waals surface area (Å²) < 4.78 is 7.20. The Bertz CT molecular complexity index is 326. The summed E-state index contributed by atoms with van der Waals surface area (Å²) in [5.74, 6) is 1.08. The Morgan fingerprint density at radius 1 is 1.50 bits per heavy atom. The molecule has 0 aliphatic carbocycles. The number of methoxy groups -OCH3 is 1. The zero-order valence-electron chi connectivity index (χ0n) is 10.1. The maximum absolute atomic E-state index is 5.09. The number of likely N-dealkylation sites (tertiary alicyclic amines) is 1. The van der Waals surface area contributed by atoms with Gasteiger partial charge in [0.05, 0.1) is 12.6 Å². The summed E-state index contributed by atoms with van der Waals surface area (Å²) in [7, 11) is 3.88. The lowest BCUT2D eigenvalue weighted by molar-refractivity contribution is 0.163. The number of nitrogens with zero attached hydrogens (tertiary/aromatic N) is 4. The van der Waals surface area contributed by atoms with Crippen molar-refractivity contribution in [2.24, 2.45) is 0 Å². The van der Waals surface area contributed by atoms with Crippen molar-refractivity contribution in [2.45, 2.75) is 31.8 Å². The van der Waals surface area contributed by atoms with Crippen LogP contribution in [0.5, 0.6) is 0 Å². The van der Waals surface area contributed by atoms with Crippen LogP contribution in [0, 0.1) is 0 Å². The van der Waals surface area contributed by atoms with Gasteiger partial charge in [-0.15, -0.1) is 10.2 Å². The molecule has 0 saturated carbocycles. The first kappa shape index (κ1) is 11.5. The molecule has 0 spiro atoms. The standard InChI is InChI=1S/C11H20N4O/c1-14-6-4-3-5-10(14)11-13-12-9-15(11)7-8-16-2/h9-10H,3-8H2,1-2H3. The van der Waals surface area contributed by atoms with Gasteiger partial charge in [-0.05, 0) is 26.4 Å². The lowest BCUT2D eigenvalue weighted by atomic mass is 10.0. The zero-order valence-corrected chi connectivity index (χ0v) is 10.1. The summed E-state index contributed by atoms with van der Waals surface area (Å²) >= 11 is 0. The molecule has 5 nitrogen and oxygen atoms in total. The van der Waals surface area contributed by atoms with Crippen molar-refractivity contribution in [3.63, 3.8) is 0 Å². The van der Waals surface area contributed by atoms with Crippen molar-refractivity contribution in [1.82, 2.24) is 19.7 Å². The molecule has 2 heterocycles. The molecule has 0 radical (unpaired) electrons. The van der Waals surface area contributed by atoms with Crippen molar-refractivity contribution in [2.75, 3.05) is 27.3 Å². The summed E-state index contributed by atoms with van der Waals surface area (Å²) in [4.78, 5) is 2.37. The third kappa shape index (κ3) is 2.41. The van der Waals surface area contributed by atoms with E-state index < -0.39 is 0 Å². The van der Waals surface area contributed by atoms with E-state index in [0.717, 1.165) is 18.9 Å². The minimum absolute atomic E-state index is 0.424. The van der Waals surface area contributed by atoms with Crippen LogP contribution in [0.4, 0.5) is 0 Å². The molecule has 0 aromatic carbocycles. The predicted octanol–water partition coefficient (Wildman–Crippen LogP) is 1.08. The highest BCUT2D eigenvalue weighted by Gasteiger charge is 2.24. The average Bonchev–Trinajstić information content (AvgIpc) is 2.75. The quantitative estimate of drug-likeness (QED) is 0.767. The minimum Gasteiger partial charge on any atom is -0.383 e. The highest BCUT2D eigenvalue weighted by molar-refractivity contribution is 4.97. The van der Waals surface area contributed by atoms with Crippen LogP contribution in [0.2, 0.25) is 0 Å². The number of hydrogen-bond donors (Lipinski definition) is 0. The van der Waals surface area contributed by atoms with Crippen molar-refractivity contribution in [1.29, 1.82) is 0 Å². The second-order valence-electron chi connectivity index (χ2n) is 4.37. The Balaban J connectivity index is 2.09. The van der Waals surface area contributed by atoms with E-state index in [1.54, 1.807) is 13.4 Å². The van der Waals surface area contributed by atoms with Crippen LogP contribution < -0.4 is 0 Å². The molecule has 1 unspecified atom stereocenters. The number of hydrogen-bond acceptors (Lipinski definition) is 4. The van der Waals surface area contributed by atoms with Crippen LogP contribution in [-0.2, 0) is 11.3 Å². The maximum Gasteiger partial charge on any atom is 0.150 e. The molecule has 1 aromatic heterocycles. The van der Waals surface area contributed by atoms with Crippen LogP contribution in [-0.4, -0.2) is 47.0 Å². The molecule has 1 saturated heterocycles. The fourth-order valence-electron chi connectivity index (χ4n) is 2.29. The van der Waals surface area contributed by atoms with E-state index in [1.807, 2.05) is 0 Å². The molecule has 1 aromatic rings. The average molecular weight is 224 g/mol. The Hall–Kier alpha value is -0.940. The highest BCUT2D eigenvalue weighted by atomic mass is 16.5. The normalized spacial score (nSPS) is 22.5. The second-order valence-corrected chi connectivity index (χ2v) is 4.37. The number of ether oxygens (including phenoxy) is 1. The summed E-state index contributed by atoms with van der Waals surface area (Å²) in [6, 6.07) is 0.424. The molecule has 1 fully saturated rings. The fourth-order valence-corrected chi connectivity index (χ4v) is 2.29. The Labute approximate surface area is 96.4 Å². The van der Waals surface area contributed by atoms with Gasteiger partial charge in [0.25, 0.3) is 0 Å². The third-order valence-corrected chi connectivity index (χ3v) is 3.25. The Morgan fingerprint density at radius 2 is 2.38 bits per heavy atom. The summed E-state index contributed by atoms with van der Waals surface area (Å²) in [5.41, 5.74) is 0. The largest absolute Gasteiger partial charge is 0.383 e. The van der Waals surface area contributed by atoms with Crippen LogP contribution >= 0.6 is 0 Å². The van der Waals surface area contributed by atoms with Crippen LogP contribution in [0.25, 0.3) is 0 Å². The van der Waals surface area contributed by atoms with Gasteiger partial charge in [-0.2, -0.15) is 0 Å². The minimum atomic E-state index is 0.424. The first-order valence-electron chi connectivity index (χ1n) is 5.90. The van der Waals surface area contributed by atoms with E-state index in [0.29, 0.717) is 12.6 Å². The van der Waals surface area contributed by atoms with Crippen molar-refractivity contribution >= 4 is 0 Å². The molecule has 1 aliphatic heterocycles. The van der Waals surface area contributed by atoms with Crippen molar-refractivity contribution < 1.29 is 4.74 Å². The zero-order chi connectivity index (χ0) is 11.4. The highest BCUT2D eigenvalue weighted by Crippen LogP contribution is 2.27. The smallest absolute Gasteiger partial charge is 0.150 e. The van der Waals surface area contributed by atoms with Crippen LogP contribution in [0.3, 0.4) is 0 Å². The van der Waals surface area contributed by atoms with E-state index in [1.165, 1.54) is 19.3 Å². The van der Waals surface area contributed by atoms with E-state index in [2.05, 4.69) is 26.7 Å². The van der Waals surface area contributed by atoms with Crippen molar-refractivity contribution in [3.05, 3.63) is 12.2 Å². The first-order chi connectivity index (χ1) is 7.83. The summed E-state index contributed by atoms with van der Waals surface area (Å²) in [5, 5.41) is 8.27. The summed E-state index contributed by atoms with van der Waals surface area (Å²) in [6.07, 6.45) is 5.56.